The minimum atomic E-state index is -0.338. The second kappa shape index (κ2) is 7.57. The Morgan fingerprint density at radius 1 is 1.06 bits per heavy atom. The number of aromatic amines is 1. The molecule has 1 aliphatic rings. The summed E-state index contributed by atoms with van der Waals surface area (Å²) in [5, 5.41) is 11.1. The largest absolute Gasteiger partial charge is 0.432 e. The maximum Gasteiger partial charge on any atom is 0.231 e. The van der Waals surface area contributed by atoms with E-state index >= 15 is 0 Å². The number of hydrogen-bond acceptors (Lipinski definition) is 8. The van der Waals surface area contributed by atoms with Gasteiger partial charge in [0.2, 0.25) is 11.7 Å². The SMILES string of the molecule is Fc1ccccc1-c1cc(Nc2nc(N3CCOCC3)c3oc4ncccc4c3n2)[nH]n1. The van der Waals surface area contributed by atoms with Crippen LogP contribution in [0.15, 0.2) is 53.1 Å². The molecule has 32 heavy (non-hydrogen) atoms. The average Bonchev–Trinajstić information content (AvgIpc) is 3.44. The van der Waals surface area contributed by atoms with Crippen molar-refractivity contribution >= 4 is 39.8 Å². The Labute approximate surface area is 181 Å². The van der Waals surface area contributed by atoms with E-state index in [2.05, 4.69) is 30.4 Å². The van der Waals surface area contributed by atoms with E-state index in [1.807, 2.05) is 12.1 Å². The van der Waals surface area contributed by atoms with Crippen LogP contribution < -0.4 is 10.2 Å². The number of pyridine rings is 1. The second-order valence-corrected chi connectivity index (χ2v) is 7.38. The number of hydrogen-bond donors (Lipinski definition) is 2. The zero-order chi connectivity index (χ0) is 21.5. The van der Waals surface area contributed by atoms with Gasteiger partial charge in [0.1, 0.15) is 17.2 Å². The smallest absolute Gasteiger partial charge is 0.231 e. The summed E-state index contributed by atoms with van der Waals surface area (Å²) in [7, 11) is 0. The molecule has 2 N–H and O–H groups in total. The third-order valence-corrected chi connectivity index (χ3v) is 5.36. The summed E-state index contributed by atoms with van der Waals surface area (Å²) >= 11 is 0. The van der Waals surface area contributed by atoms with Crippen molar-refractivity contribution in [3.63, 3.8) is 0 Å². The van der Waals surface area contributed by atoms with E-state index in [-0.39, 0.29) is 5.82 Å². The number of anilines is 3. The number of fused-ring (bicyclic) bond motifs is 3. The van der Waals surface area contributed by atoms with Crippen LogP contribution in [-0.4, -0.2) is 51.5 Å². The summed E-state index contributed by atoms with van der Waals surface area (Å²) in [5.74, 6) is 1.25. The van der Waals surface area contributed by atoms with Crippen LogP contribution in [0.3, 0.4) is 0 Å². The summed E-state index contributed by atoms with van der Waals surface area (Å²) < 4.78 is 25.6. The van der Waals surface area contributed by atoms with E-state index in [0.717, 1.165) is 5.39 Å². The van der Waals surface area contributed by atoms with Crippen molar-refractivity contribution in [2.75, 3.05) is 36.5 Å². The molecule has 0 aliphatic carbocycles. The number of halogens is 1. The molecule has 1 fully saturated rings. The number of nitrogens with zero attached hydrogens (tertiary/aromatic N) is 5. The lowest BCUT2D eigenvalue weighted by atomic mass is 10.1. The molecule has 0 saturated carbocycles. The molecule has 5 heterocycles. The number of morpholine rings is 1. The first-order valence-electron chi connectivity index (χ1n) is 10.2. The zero-order valence-electron chi connectivity index (χ0n) is 16.9. The van der Waals surface area contributed by atoms with Crippen molar-refractivity contribution in [1.82, 2.24) is 25.1 Å². The molecule has 0 amide bonds. The van der Waals surface area contributed by atoms with Crippen LogP contribution in [0.4, 0.5) is 22.0 Å². The minimum absolute atomic E-state index is 0.338. The summed E-state index contributed by atoms with van der Waals surface area (Å²) in [6.45, 7) is 2.60. The first-order chi connectivity index (χ1) is 15.8. The van der Waals surface area contributed by atoms with Crippen LogP contribution in [-0.2, 0) is 4.74 Å². The number of furan rings is 1. The number of ether oxygens (including phenoxy) is 1. The second-order valence-electron chi connectivity index (χ2n) is 7.38. The van der Waals surface area contributed by atoms with Crippen molar-refractivity contribution in [2.24, 2.45) is 0 Å². The van der Waals surface area contributed by atoms with Gasteiger partial charge in [-0.1, -0.05) is 12.1 Å². The van der Waals surface area contributed by atoms with E-state index in [0.29, 0.717) is 72.0 Å². The Morgan fingerprint density at radius 2 is 1.94 bits per heavy atom. The highest BCUT2D eigenvalue weighted by molar-refractivity contribution is 6.05. The fourth-order valence-corrected chi connectivity index (χ4v) is 3.82. The van der Waals surface area contributed by atoms with Crippen molar-refractivity contribution in [1.29, 1.82) is 0 Å². The molecule has 0 spiro atoms. The van der Waals surface area contributed by atoms with Crippen molar-refractivity contribution in [2.45, 2.75) is 0 Å². The normalized spacial score (nSPS) is 14.3. The molecule has 0 atom stereocenters. The molecule has 10 heteroatoms. The lowest BCUT2D eigenvalue weighted by molar-refractivity contribution is 0.122. The quantitative estimate of drug-likeness (QED) is 0.442. The fourth-order valence-electron chi connectivity index (χ4n) is 3.82. The van der Waals surface area contributed by atoms with E-state index in [4.69, 9.17) is 14.1 Å². The Morgan fingerprint density at radius 3 is 2.81 bits per heavy atom. The van der Waals surface area contributed by atoms with Gasteiger partial charge < -0.3 is 19.4 Å². The molecule has 4 aromatic heterocycles. The molecule has 0 bridgehead atoms. The number of benzene rings is 1. The van der Waals surface area contributed by atoms with Crippen LogP contribution in [0.5, 0.6) is 0 Å². The van der Waals surface area contributed by atoms with Gasteiger partial charge >= 0.3 is 0 Å². The number of H-pyrrole nitrogens is 1. The van der Waals surface area contributed by atoms with Crippen molar-refractivity contribution in [3.8, 4) is 11.3 Å². The third kappa shape index (κ3) is 3.21. The molecule has 9 nitrogen and oxygen atoms in total. The van der Waals surface area contributed by atoms with Gasteiger partial charge in [-0.3, -0.25) is 5.10 Å². The Bertz CT molecular complexity index is 1420. The number of aromatic nitrogens is 5. The van der Waals surface area contributed by atoms with Crippen LogP contribution in [0.1, 0.15) is 0 Å². The lowest BCUT2D eigenvalue weighted by Gasteiger charge is -2.27. The summed E-state index contributed by atoms with van der Waals surface area (Å²) in [5.41, 5.74) is 2.66. The average molecular weight is 431 g/mol. The summed E-state index contributed by atoms with van der Waals surface area (Å²) in [6.07, 6.45) is 1.68. The van der Waals surface area contributed by atoms with Crippen LogP contribution in [0, 0.1) is 5.82 Å². The molecule has 0 unspecified atom stereocenters. The Kier molecular flexibility index (Phi) is 4.43. The molecule has 1 aliphatic heterocycles. The molecular formula is C22H18FN7O2. The number of nitrogens with one attached hydrogen (secondary N) is 2. The highest BCUT2D eigenvalue weighted by atomic mass is 19.1. The molecule has 6 rings (SSSR count). The Balaban J connectivity index is 1.42. The van der Waals surface area contributed by atoms with E-state index in [9.17, 15) is 4.39 Å². The third-order valence-electron chi connectivity index (χ3n) is 5.36. The van der Waals surface area contributed by atoms with Gasteiger partial charge in [-0.25, -0.2) is 14.4 Å². The maximum atomic E-state index is 14.1. The van der Waals surface area contributed by atoms with E-state index in [1.165, 1.54) is 6.07 Å². The molecular weight excluding hydrogens is 413 g/mol. The van der Waals surface area contributed by atoms with Crippen LogP contribution in [0.25, 0.3) is 33.5 Å². The van der Waals surface area contributed by atoms with E-state index < -0.39 is 0 Å². The molecule has 160 valence electrons. The molecule has 5 aromatic rings. The van der Waals surface area contributed by atoms with Gasteiger partial charge in [0.05, 0.1) is 24.3 Å². The van der Waals surface area contributed by atoms with Gasteiger partial charge in [-0.05, 0) is 24.3 Å². The highest BCUT2D eigenvalue weighted by Gasteiger charge is 2.22. The first kappa shape index (κ1) is 18.7. The molecule has 1 saturated heterocycles. The monoisotopic (exact) mass is 431 g/mol. The van der Waals surface area contributed by atoms with Crippen LogP contribution >= 0.6 is 0 Å². The lowest BCUT2D eigenvalue weighted by Crippen LogP contribution is -2.37. The predicted molar refractivity (Wildman–Crippen MR) is 117 cm³/mol. The summed E-state index contributed by atoms with van der Waals surface area (Å²) in [6, 6.07) is 12.0. The van der Waals surface area contributed by atoms with E-state index in [1.54, 1.807) is 30.5 Å². The van der Waals surface area contributed by atoms with Gasteiger partial charge in [0, 0.05) is 30.9 Å². The van der Waals surface area contributed by atoms with Crippen molar-refractivity contribution in [3.05, 3.63) is 54.5 Å². The predicted octanol–water partition coefficient (Wildman–Crippen LogP) is 3.88. The van der Waals surface area contributed by atoms with Gasteiger partial charge in [-0.2, -0.15) is 10.1 Å². The van der Waals surface area contributed by atoms with Crippen molar-refractivity contribution < 1.29 is 13.5 Å². The van der Waals surface area contributed by atoms with Crippen LogP contribution in [0.2, 0.25) is 0 Å². The van der Waals surface area contributed by atoms with Gasteiger partial charge in [0.15, 0.2) is 11.4 Å². The fraction of sp³-hybridized carbons (Fsp3) is 0.182. The highest BCUT2D eigenvalue weighted by Crippen LogP contribution is 2.34. The first-order valence-corrected chi connectivity index (χ1v) is 10.2. The van der Waals surface area contributed by atoms with Gasteiger partial charge in [0.25, 0.3) is 0 Å². The van der Waals surface area contributed by atoms with Gasteiger partial charge in [-0.15, -0.1) is 0 Å². The Hall–Kier alpha value is -4.05. The topological polar surface area (TPSA) is 105 Å². The maximum absolute atomic E-state index is 14.1. The number of rotatable bonds is 4. The molecule has 0 radical (unpaired) electrons. The summed E-state index contributed by atoms with van der Waals surface area (Å²) in [4.78, 5) is 15.8. The molecule has 1 aromatic carbocycles. The zero-order valence-corrected chi connectivity index (χ0v) is 16.9. The standard InChI is InChI=1S/C22H18FN7O2/c23-15-6-2-1-4-13(15)16-12-17(29-28-16)25-22-26-18-14-5-3-7-24-21(14)32-19(18)20(27-22)30-8-10-31-11-9-30/h1-7,12H,8-11H2,(H2,25,26,27,28,29). The minimum Gasteiger partial charge on any atom is -0.432 e.